The van der Waals surface area contributed by atoms with Crippen LogP contribution in [0.1, 0.15) is 38.1 Å². The molecule has 1 aromatic carbocycles. The first kappa shape index (κ1) is 12.2. The lowest BCUT2D eigenvalue weighted by Gasteiger charge is -2.21. The molecule has 1 aromatic heterocycles. The third-order valence-corrected chi connectivity index (χ3v) is 3.80. The van der Waals surface area contributed by atoms with Crippen LogP contribution in [0, 0.1) is 5.82 Å². The van der Waals surface area contributed by atoms with Gasteiger partial charge in [0.05, 0.1) is 12.2 Å². The molecule has 0 aliphatic heterocycles. The maximum atomic E-state index is 13.4. The van der Waals surface area contributed by atoms with Crippen molar-refractivity contribution in [3.8, 4) is 11.1 Å². The summed E-state index contributed by atoms with van der Waals surface area (Å²) in [5, 5.41) is 4.43. The Morgan fingerprint density at radius 2 is 1.89 bits per heavy atom. The molecule has 100 valence electrons. The Morgan fingerprint density at radius 3 is 2.63 bits per heavy atom. The molecule has 2 aromatic rings. The van der Waals surface area contributed by atoms with Gasteiger partial charge in [0.1, 0.15) is 5.82 Å². The van der Waals surface area contributed by atoms with Crippen molar-refractivity contribution in [2.45, 2.75) is 38.1 Å². The number of nitrogens with zero attached hydrogens (tertiary/aromatic N) is 2. The van der Waals surface area contributed by atoms with E-state index in [1.54, 1.807) is 12.3 Å². The van der Waals surface area contributed by atoms with Crippen LogP contribution in [0.15, 0.2) is 30.6 Å². The van der Waals surface area contributed by atoms with Gasteiger partial charge in [0.15, 0.2) is 0 Å². The summed E-state index contributed by atoms with van der Waals surface area (Å²) in [5.41, 5.74) is 7.84. The van der Waals surface area contributed by atoms with Gasteiger partial charge in [0, 0.05) is 17.4 Å². The minimum absolute atomic E-state index is 0.305. The number of anilines is 1. The van der Waals surface area contributed by atoms with Crippen molar-refractivity contribution >= 4 is 5.69 Å². The standard InChI is InChI=1S/C15H18FN3/c16-13-6-11(7-14(17)8-13)12-9-18-19(10-12)15-4-2-1-3-5-15/h6-10,15H,1-5,17H2. The third-order valence-electron chi connectivity index (χ3n) is 3.80. The molecule has 0 bridgehead atoms. The molecule has 1 aliphatic rings. The van der Waals surface area contributed by atoms with E-state index in [0.717, 1.165) is 11.1 Å². The van der Waals surface area contributed by atoms with E-state index in [2.05, 4.69) is 5.10 Å². The SMILES string of the molecule is Nc1cc(F)cc(-c2cnn(C3CCCCC3)c2)c1. The molecule has 1 saturated carbocycles. The second kappa shape index (κ2) is 5.03. The average Bonchev–Trinajstić information content (AvgIpc) is 2.88. The Balaban J connectivity index is 1.87. The first-order chi connectivity index (χ1) is 9.22. The Labute approximate surface area is 112 Å². The van der Waals surface area contributed by atoms with Crippen molar-refractivity contribution in [1.29, 1.82) is 0 Å². The summed E-state index contributed by atoms with van der Waals surface area (Å²) in [5.74, 6) is -0.305. The van der Waals surface area contributed by atoms with E-state index in [9.17, 15) is 4.39 Å². The van der Waals surface area contributed by atoms with Gasteiger partial charge in [0.2, 0.25) is 0 Å². The topological polar surface area (TPSA) is 43.8 Å². The van der Waals surface area contributed by atoms with Crippen molar-refractivity contribution < 1.29 is 4.39 Å². The van der Waals surface area contributed by atoms with Gasteiger partial charge < -0.3 is 5.73 Å². The molecule has 19 heavy (non-hydrogen) atoms. The Kier molecular flexibility index (Phi) is 3.23. The lowest BCUT2D eigenvalue weighted by molar-refractivity contribution is 0.329. The van der Waals surface area contributed by atoms with Crippen LogP contribution in [0.3, 0.4) is 0 Å². The minimum Gasteiger partial charge on any atom is -0.399 e. The molecule has 0 saturated heterocycles. The zero-order valence-electron chi connectivity index (χ0n) is 10.8. The van der Waals surface area contributed by atoms with Gasteiger partial charge in [-0.05, 0) is 36.6 Å². The fraction of sp³-hybridized carbons (Fsp3) is 0.400. The van der Waals surface area contributed by atoms with Crippen LogP contribution in [0.25, 0.3) is 11.1 Å². The van der Waals surface area contributed by atoms with Crippen molar-refractivity contribution in [2.24, 2.45) is 0 Å². The second-order valence-electron chi connectivity index (χ2n) is 5.27. The predicted octanol–water partition coefficient (Wildman–Crippen LogP) is 3.78. The van der Waals surface area contributed by atoms with Gasteiger partial charge >= 0.3 is 0 Å². The highest BCUT2D eigenvalue weighted by Gasteiger charge is 2.16. The van der Waals surface area contributed by atoms with Crippen LogP contribution >= 0.6 is 0 Å². The molecule has 0 spiro atoms. The van der Waals surface area contributed by atoms with Crippen LogP contribution < -0.4 is 5.73 Å². The van der Waals surface area contributed by atoms with Crippen molar-refractivity contribution in [3.63, 3.8) is 0 Å². The number of hydrogen-bond donors (Lipinski definition) is 1. The summed E-state index contributed by atoms with van der Waals surface area (Å²) in [4.78, 5) is 0. The number of aromatic nitrogens is 2. The third kappa shape index (κ3) is 2.62. The van der Waals surface area contributed by atoms with Crippen LogP contribution in [-0.2, 0) is 0 Å². The van der Waals surface area contributed by atoms with Gasteiger partial charge in [-0.2, -0.15) is 5.10 Å². The van der Waals surface area contributed by atoms with Gasteiger partial charge in [0.25, 0.3) is 0 Å². The minimum atomic E-state index is -0.305. The predicted molar refractivity (Wildman–Crippen MR) is 74.2 cm³/mol. The van der Waals surface area contributed by atoms with E-state index < -0.39 is 0 Å². The maximum absolute atomic E-state index is 13.4. The molecule has 0 amide bonds. The molecule has 1 fully saturated rings. The van der Waals surface area contributed by atoms with Crippen LogP contribution in [0.2, 0.25) is 0 Å². The van der Waals surface area contributed by atoms with Crippen molar-refractivity contribution in [2.75, 3.05) is 5.73 Å². The Hall–Kier alpha value is -1.84. The first-order valence-corrected chi connectivity index (χ1v) is 6.83. The van der Waals surface area contributed by atoms with E-state index in [4.69, 9.17) is 5.73 Å². The zero-order valence-corrected chi connectivity index (χ0v) is 10.8. The van der Waals surface area contributed by atoms with Gasteiger partial charge in [-0.1, -0.05) is 19.3 Å². The molecule has 0 radical (unpaired) electrons. The summed E-state index contributed by atoms with van der Waals surface area (Å²) in [6.07, 6.45) is 10.0. The Morgan fingerprint density at radius 1 is 1.11 bits per heavy atom. The largest absolute Gasteiger partial charge is 0.399 e. The number of halogens is 1. The average molecular weight is 259 g/mol. The smallest absolute Gasteiger partial charge is 0.125 e. The summed E-state index contributed by atoms with van der Waals surface area (Å²) < 4.78 is 15.4. The highest BCUT2D eigenvalue weighted by atomic mass is 19.1. The first-order valence-electron chi connectivity index (χ1n) is 6.83. The maximum Gasteiger partial charge on any atom is 0.125 e. The molecule has 3 nitrogen and oxygen atoms in total. The summed E-state index contributed by atoms with van der Waals surface area (Å²) >= 11 is 0. The lowest BCUT2D eigenvalue weighted by Crippen LogP contribution is -2.12. The van der Waals surface area contributed by atoms with E-state index in [0.29, 0.717) is 11.7 Å². The molecule has 1 aliphatic carbocycles. The van der Waals surface area contributed by atoms with E-state index in [1.807, 2.05) is 10.9 Å². The number of benzene rings is 1. The summed E-state index contributed by atoms with van der Waals surface area (Å²) in [7, 11) is 0. The van der Waals surface area contributed by atoms with E-state index >= 15 is 0 Å². The fourth-order valence-electron chi connectivity index (χ4n) is 2.81. The van der Waals surface area contributed by atoms with Crippen molar-refractivity contribution in [3.05, 3.63) is 36.4 Å². The molecular formula is C15H18FN3. The molecule has 0 atom stereocenters. The van der Waals surface area contributed by atoms with E-state index in [1.165, 1.54) is 44.2 Å². The zero-order chi connectivity index (χ0) is 13.2. The highest BCUT2D eigenvalue weighted by molar-refractivity contribution is 5.66. The molecule has 3 rings (SSSR count). The molecular weight excluding hydrogens is 241 g/mol. The van der Waals surface area contributed by atoms with Gasteiger partial charge in [-0.3, -0.25) is 4.68 Å². The monoisotopic (exact) mass is 259 g/mol. The highest BCUT2D eigenvalue weighted by Crippen LogP contribution is 2.29. The molecule has 2 N–H and O–H groups in total. The fourth-order valence-corrected chi connectivity index (χ4v) is 2.81. The normalized spacial score (nSPS) is 16.7. The Bertz CT molecular complexity index is 550. The van der Waals surface area contributed by atoms with Crippen LogP contribution in [-0.4, -0.2) is 9.78 Å². The number of rotatable bonds is 2. The van der Waals surface area contributed by atoms with Gasteiger partial charge in [-0.15, -0.1) is 0 Å². The molecule has 0 unspecified atom stereocenters. The van der Waals surface area contributed by atoms with E-state index in [-0.39, 0.29) is 5.82 Å². The number of nitrogen functional groups attached to an aromatic ring is 1. The van der Waals surface area contributed by atoms with Crippen LogP contribution in [0.4, 0.5) is 10.1 Å². The quantitative estimate of drug-likeness (QED) is 0.834. The van der Waals surface area contributed by atoms with Crippen molar-refractivity contribution in [1.82, 2.24) is 9.78 Å². The number of hydrogen-bond acceptors (Lipinski definition) is 2. The number of nitrogens with two attached hydrogens (primary N) is 1. The molecule has 1 heterocycles. The lowest BCUT2D eigenvalue weighted by atomic mass is 9.96. The summed E-state index contributed by atoms with van der Waals surface area (Å²) in [6.45, 7) is 0. The van der Waals surface area contributed by atoms with Gasteiger partial charge in [-0.25, -0.2) is 4.39 Å². The molecule has 4 heteroatoms. The summed E-state index contributed by atoms with van der Waals surface area (Å²) in [6, 6.07) is 5.10. The second-order valence-corrected chi connectivity index (χ2v) is 5.27. The van der Waals surface area contributed by atoms with Crippen LogP contribution in [0.5, 0.6) is 0 Å².